The van der Waals surface area contributed by atoms with E-state index in [0.717, 1.165) is 35.3 Å². The Balaban J connectivity index is 1.96. The number of para-hydroxylation sites is 1. The number of carbonyl (C=O) groups is 1. The third kappa shape index (κ3) is 3.37. The molecule has 1 unspecified atom stereocenters. The predicted octanol–water partition coefficient (Wildman–Crippen LogP) is 3.07. The average molecular weight is 359 g/mol. The lowest BCUT2D eigenvalue weighted by atomic mass is 10.1. The molecule has 1 aliphatic heterocycles. The van der Waals surface area contributed by atoms with E-state index in [9.17, 15) is 4.79 Å². The summed E-state index contributed by atoms with van der Waals surface area (Å²) >= 11 is 2.22. The predicted molar refractivity (Wildman–Crippen MR) is 79.7 cm³/mol. The topological polar surface area (TPSA) is 29.5 Å². The molecule has 1 fully saturated rings. The van der Waals surface area contributed by atoms with E-state index >= 15 is 0 Å². The van der Waals surface area contributed by atoms with Gasteiger partial charge in [-0.15, -0.1) is 0 Å². The lowest BCUT2D eigenvalue weighted by Crippen LogP contribution is -2.43. The fraction of sp³-hybridized carbons (Fsp3) is 0.500. The van der Waals surface area contributed by atoms with E-state index in [4.69, 9.17) is 4.74 Å². The zero-order valence-electron chi connectivity index (χ0n) is 10.6. The monoisotopic (exact) mass is 359 g/mol. The van der Waals surface area contributed by atoms with Gasteiger partial charge in [-0.25, -0.2) is 0 Å². The van der Waals surface area contributed by atoms with Crippen LogP contribution >= 0.6 is 22.6 Å². The summed E-state index contributed by atoms with van der Waals surface area (Å²) in [5, 5.41) is 0. The SMILES string of the molecule is CC(Oc1ccccc1I)C(=O)N1CCCCC1. The summed E-state index contributed by atoms with van der Waals surface area (Å²) in [6.45, 7) is 3.58. The van der Waals surface area contributed by atoms with Gasteiger partial charge in [-0.1, -0.05) is 12.1 Å². The van der Waals surface area contributed by atoms with Gasteiger partial charge in [-0.05, 0) is 60.9 Å². The minimum Gasteiger partial charge on any atom is -0.480 e. The van der Waals surface area contributed by atoms with Crippen LogP contribution in [0.1, 0.15) is 26.2 Å². The first-order valence-electron chi connectivity index (χ1n) is 6.38. The molecule has 0 N–H and O–H groups in total. The van der Waals surface area contributed by atoms with Crippen LogP contribution < -0.4 is 4.74 Å². The minimum absolute atomic E-state index is 0.106. The molecule has 1 atom stereocenters. The van der Waals surface area contributed by atoms with Crippen molar-refractivity contribution < 1.29 is 9.53 Å². The number of benzene rings is 1. The second-order valence-electron chi connectivity index (χ2n) is 4.58. The van der Waals surface area contributed by atoms with Crippen LogP contribution in [0.15, 0.2) is 24.3 Å². The molecular formula is C14H18INO2. The van der Waals surface area contributed by atoms with Crippen molar-refractivity contribution in [1.29, 1.82) is 0 Å². The Hall–Kier alpha value is -0.780. The largest absolute Gasteiger partial charge is 0.480 e. The maximum atomic E-state index is 12.2. The Labute approximate surface area is 122 Å². The Morgan fingerprint density at radius 1 is 1.28 bits per heavy atom. The zero-order chi connectivity index (χ0) is 13.0. The standard InChI is InChI=1S/C14H18INO2/c1-11(14(17)16-9-5-2-6-10-16)18-13-8-4-3-7-12(13)15/h3-4,7-8,11H,2,5-6,9-10H2,1H3. The van der Waals surface area contributed by atoms with Gasteiger partial charge in [0.2, 0.25) is 0 Å². The Bertz CT molecular complexity index is 416. The van der Waals surface area contributed by atoms with E-state index < -0.39 is 6.10 Å². The summed E-state index contributed by atoms with van der Waals surface area (Å²) in [7, 11) is 0. The Kier molecular flexibility index (Phi) is 4.86. The molecule has 0 spiro atoms. The summed E-state index contributed by atoms with van der Waals surface area (Å²) in [4.78, 5) is 14.1. The fourth-order valence-electron chi connectivity index (χ4n) is 2.15. The third-order valence-electron chi connectivity index (χ3n) is 3.16. The molecule has 0 aromatic heterocycles. The smallest absolute Gasteiger partial charge is 0.263 e. The van der Waals surface area contributed by atoms with Crippen LogP contribution in [-0.4, -0.2) is 30.0 Å². The number of hydrogen-bond acceptors (Lipinski definition) is 2. The summed E-state index contributed by atoms with van der Waals surface area (Å²) in [5.74, 6) is 0.894. The lowest BCUT2D eigenvalue weighted by Gasteiger charge is -2.29. The molecule has 3 nitrogen and oxygen atoms in total. The number of rotatable bonds is 3. The van der Waals surface area contributed by atoms with E-state index in [1.807, 2.05) is 36.1 Å². The third-order valence-corrected chi connectivity index (χ3v) is 4.05. The fourth-order valence-corrected chi connectivity index (χ4v) is 2.67. The maximum absolute atomic E-state index is 12.2. The number of amides is 1. The molecule has 1 heterocycles. The Morgan fingerprint density at radius 3 is 2.61 bits per heavy atom. The maximum Gasteiger partial charge on any atom is 0.263 e. The van der Waals surface area contributed by atoms with Crippen molar-refractivity contribution in [3.63, 3.8) is 0 Å². The van der Waals surface area contributed by atoms with E-state index in [-0.39, 0.29) is 5.91 Å². The number of hydrogen-bond donors (Lipinski definition) is 0. The minimum atomic E-state index is -0.404. The van der Waals surface area contributed by atoms with Crippen LogP contribution in [0.2, 0.25) is 0 Å². The molecule has 18 heavy (non-hydrogen) atoms. The molecule has 1 aromatic rings. The summed E-state index contributed by atoms with van der Waals surface area (Å²) in [5.41, 5.74) is 0. The highest BCUT2D eigenvalue weighted by molar-refractivity contribution is 14.1. The van der Waals surface area contributed by atoms with E-state index in [0.29, 0.717) is 0 Å². The van der Waals surface area contributed by atoms with Crippen molar-refractivity contribution in [3.8, 4) is 5.75 Å². The second-order valence-corrected chi connectivity index (χ2v) is 5.74. The number of likely N-dealkylation sites (tertiary alicyclic amines) is 1. The van der Waals surface area contributed by atoms with Crippen LogP contribution in [-0.2, 0) is 4.79 Å². The molecule has 98 valence electrons. The van der Waals surface area contributed by atoms with Gasteiger partial charge in [0.25, 0.3) is 5.91 Å². The molecule has 1 saturated heterocycles. The van der Waals surface area contributed by atoms with Crippen molar-refractivity contribution in [3.05, 3.63) is 27.8 Å². The van der Waals surface area contributed by atoms with Gasteiger partial charge < -0.3 is 9.64 Å². The molecule has 0 saturated carbocycles. The van der Waals surface area contributed by atoms with E-state index in [1.165, 1.54) is 6.42 Å². The first kappa shape index (κ1) is 13.6. The van der Waals surface area contributed by atoms with Crippen LogP contribution in [0, 0.1) is 3.57 Å². The molecule has 0 aliphatic carbocycles. The number of carbonyl (C=O) groups excluding carboxylic acids is 1. The van der Waals surface area contributed by atoms with Gasteiger partial charge in [-0.3, -0.25) is 4.79 Å². The number of halogens is 1. The van der Waals surface area contributed by atoms with Crippen molar-refractivity contribution in [2.75, 3.05) is 13.1 Å². The van der Waals surface area contributed by atoms with E-state index in [2.05, 4.69) is 22.6 Å². The summed E-state index contributed by atoms with van der Waals surface area (Å²) < 4.78 is 6.80. The molecule has 2 rings (SSSR count). The molecule has 0 bridgehead atoms. The van der Waals surface area contributed by atoms with Gasteiger partial charge in [0, 0.05) is 13.1 Å². The highest BCUT2D eigenvalue weighted by Crippen LogP contribution is 2.21. The molecule has 0 radical (unpaired) electrons. The number of nitrogens with zero attached hydrogens (tertiary/aromatic N) is 1. The molecule has 4 heteroatoms. The van der Waals surface area contributed by atoms with Crippen LogP contribution in [0.25, 0.3) is 0 Å². The van der Waals surface area contributed by atoms with Crippen LogP contribution in [0.5, 0.6) is 5.75 Å². The molecule has 1 amide bonds. The quantitative estimate of drug-likeness (QED) is 0.777. The van der Waals surface area contributed by atoms with E-state index in [1.54, 1.807) is 0 Å². The van der Waals surface area contributed by atoms with Gasteiger partial charge in [0.1, 0.15) is 5.75 Å². The van der Waals surface area contributed by atoms with Gasteiger partial charge in [-0.2, -0.15) is 0 Å². The summed E-state index contributed by atoms with van der Waals surface area (Å²) in [6, 6.07) is 7.77. The van der Waals surface area contributed by atoms with Crippen LogP contribution in [0.3, 0.4) is 0 Å². The normalized spacial score (nSPS) is 17.3. The summed E-state index contributed by atoms with van der Waals surface area (Å²) in [6.07, 6.45) is 3.05. The zero-order valence-corrected chi connectivity index (χ0v) is 12.7. The van der Waals surface area contributed by atoms with Gasteiger partial charge in [0.15, 0.2) is 6.10 Å². The van der Waals surface area contributed by atoms with Crippen molar-refractivity contribution in [1.82, 2.24) is 4.90 Å². The highest BCUT2D eigenvalue weighted by Gasteiger charge is 2.23. The molecule has 1 aromatic carbocycles. The highest BCUT2D eigenvalue weighted by atomic mass is 127. The molecular weight excluding hydrogens is 341 g/mol. The lowest BCUT2D eigenvalue weighted by molar-refractivity contribution is -0.138. The van der Waals surface area contributed by atoms with Crippen LogP contribution in [0.4, 0.5) is 0 Å². The Morgan fingerprint density at radius 2 is 1.94 bits per heavy atom. The van der Waals surface area contributed by atoms with Crippen molar-refractivity contribution >= 4 is 28.5 Å². The van der Waals surface area contributed by atoms with Crippen molar-refractivity contribution in [2.24, 2.45) is 0 Å². The first-order valence-corrected chi connectivity index (χ1v) is 7.46. The number of ether oxygens (including phenoxy) is 1. The number of piperidine rings is 1. The average Bonchev–Trinajstić information content (AvgIpc) is 2.41. The van der Waals surface area contributed by atoms with Gasteiger partial charge in [0.05, 0.1) is 3.57 Å². The van der Waals surface area contributed by atoms with Gasteiger partial charge >= 0.3 is 0 Å². The molecule has 1 aliphatic rings. The first-order chi connectivity index (χ1) is 8.68. The second kappa shape index (κ2) is 6.41. The van der Waals surface area contributed by atoms with Crippen molar-refractivity contribution in [2.45, 2.75) is 32.3 Å².